The van der Waals surface area contributed by atoms with Gasteiger partial charge in [-0.15, -0.1) is 16.8 Å². The summed E-state index contributed by atoms with van der Waals surface area (Å²) in [4.78, 5) is 65.9. The molecule has 2 N–H and O–H groups in total. The van der Waals surface area contributed by atoms with E-state index in [1.54, 1.807) is 24.8 Å². The molecule has 1 saturated carbocycles. The average Bonchev–Trinajstić information content (AvgIpc) is 3.00. The molecule has 2 fully saturated rings. The molecule has 1 saturated heterocycles. The third-order valence-corrected chi connectivity index (χ3v) is 8.33. The molecule has 4 rings (SSSR count). The molecular weight excluding hydrogens is 562 g/mol. The number of aliphatic carboxylic acids is 1. The summed E-state index contributed by atoms with van der Waals surface area (Å²) in [6.45, 7) is 2.81. The van der Waals surface area contributed by atoms with Crippen LogP contribution >= 0.6 is 11.8 Å². The number of hydroxylamine groups is 2. The summed E-state index contributed by atoms with van der Waals surface area (Å²) < 4.78 is 4.79. The van der Waals surface area contributed by atoms with E-state index in [1.165, 1.54) is 16.4 Å². The predicted octanol–water partition coefficient (Wildman–Crippen LogP) is 3.76. The van der Waals surface area contributed by atoms with E-state index in [0.717, 1.165) is 31.2 Å². The van der Waals surface area contributed by atoms with Crippen molar-refractivity contribution in [1.29, 1.82) is 0 Å². The summed E-state index contributed by atoms with van der Waals surface area (Å²) in [6, 6.07) is 9.95. The Labute approximate surface area is 249 Å². The van der Waals surface area contributed by atoms with Gasteiger partial charge < -0.3 is 24.9 Å². The minimum atomic E-state index is -1.07. The molecule has 2 heterocycles. The van der Waals surface area contributed by atoms with Crippen LogP contribution in [-0.2, 0) is 19.2 Å². The maximum atomic E-state index is 13.5. The number of carboxylic acid groups (broad SMARTS) is 1. The number of ether oxygens (including phenoxy) is 1. The lowest BCUT2D eigenvalue weighted by Gasteiger charge is -2.35. The largest absolute Gasteiger partial charge is 0.527 e. The monoisotopic (exact) mass is 599 g/mol. The summed E-state index contributed by atoms with van der Waals surface area (Å²) in [7, 11) is 0. The van der Waals surface area contributed by atoms with Crippen LogP contribution in [0.2, 0.25) is 0 Å². The second-order valence-corrected chi connectivity index (χ2v) is 11.5. The molecule has 13 heteroatoms. The fourth-order valence-corrected chi connectivity index (χ4v) is 6.13. The van der Waals surface area contributed by atoms with Crippen molar-refractivity contribution in [3.8, 4) is 11.4 Å². The zero-order valence-electron chi connectivity index (χ0n) is 23.7. The SMILES string of the molecule is CCOC(=O)ON1CCN(C(=O)[C@H](CCC(=O)O)NC(=O)c2cc(SC3CCCCC3)nc(-c3ccccc3)n2)CC1. The van der Waals surface area contributed by atoms with Crippen LogP contribution in [0.25, 0.3) is 11.4 Å². The van der Waals surface area contributed by atoms with Gasteiger partial charge in [0.15, 0.2) is 5.82 Å². The quantitative estimate of drug-likeness (QED) is 0.287. The number of aromatic nitrogens is 2. The van der Waals surface area contributed by atoms with Crippen LogP contribution in [0.1, 0.15) is 62.4 Å². The van der Waals surface area contributed by atoms with Crippen molar-refractivity contribution in [2.24, 2.45) is 0 Å². The average molecular weight is 600 g/mol. The number of carboxylic acids is 1. The van der Waals surface area contributed by atoms with E-state index in [1.807, 2.05) is 30.3 Å². The Morgan fingerprint density at radius 3 is 2.43 bits per heavy atom. The van der Waals surface area contributed by atoms with Gasteiger partial charge in [0.25, 0.3) is 5.91 Å². The Hall–Kier alpha value is -3.71. The molecule has 12 nitrogen and oxygen atoms in total. The van der Waals surface area contributed by atoms with E-state index in [4.69, 9.17) is 14.6 Å². The Kier molecular flexibility index (Phi) is 11.5. The van der Waals surface area contributed by atoms with Crippen LogP contribution in [-0.4, -0.2) is 93.1 Å². The molecule has 1 atom stereocenters. The van der Waals surface area contributed by atoms with Crippen molar-refractivity contribution < 1.29 is 33.9 Å². The number of hydrogen-bond acceptors (Lipinski definition) is 10. The van der Waals surface area contributed by atoms with Crippen LogP contribution in [0.3, 0.4) is 0 Å². The Balaban J connectivity index is 1.49. The lowest BCUT2D eigenvalue weighted by molar-refractivity contribution is -0.157. The lowest BCUT2D eigenvalue weighted by atomic mass is 10.0. The molecule has 1 aromatic heterocycles. The number of carbonyl (C=O) groups is 4. The molecule has 0 spiro atoms. The topological polar surface area (TPSA) is 151 Å². The van der Waals surface area contributed by atoms with Crippen molar-refractivity contribution in [3.05, 3.63) is 42.1 Å². The van der Waals surface area contributed by atoms with Gasteiger partial charge in [0, 0.05) is 36.4 Å². The van der Waals surface area contributed by atoms with Gasteiger partial charge in [-0.05, 0) is 26.2 Å². The van der Waals surface area contributed by atoms with Gasteiger partial charge in [-0.25, -0.2) is 14.8 Å². The Morgan fingerprint density at radius 2 is 1.76 bits per heavy atom. The molecule has 42 heavy (non-hydrogen) atoms. The summed E-state index contributed by atoms with van der Waals surface area (Å²) in [5.74, 6) is -1.65. The van der Waals surface area contributed by atoms with E-state index in [-0.39, 0.29) is 51.3 Å². The van der Waals surface area contributed by atoms with E-state index in [2.05, 4.69) is 10.3 Å². The third-order valence-electron chi connectivity index (χ3n) is 7.07. The fraction of sp³-hybridized carbons (Fsp3) is 0.517. The molecule has 0 unspecified atom stereocenters. The number of rotatable bonds is 11. The highest BCUT2D eigenvalue weighted by atomic mass is 32.2. The highest BCUT2D eigenvalue weighted by molar-refractivity contribution is 7.99. The second-order valence-electron chi connectivity index (χ2n) is 10.1. The highest BCUT2D eigenvalue weighted by Gasteiger charge is 2.31. The molecule has 0 bridgehead atoms. The number of amides is 2. The van der Waals surface area contributed by atoms with Gasteiger partial charge >= 0.3 is 12.1 Å². The molecule has 1 aliphatic carbocycles. The smallest absolute Gasteiger partial charge is 0.481 e. The first-order valence-corrected chi connectivity index (χ1v) is 15.2. The van der Waals surface area contributed by atoms with Crippen molar-refractivity contribution in [1.82, 2.24) is 25.2 Å². The Morgan fingerprint density at radius 1 is 1.05 bits per heavy atom. The number of piperazine rings is 1. The van der Waals surface area contributed by atoms with Crippen molar-refractivity contribution >= 4 is 35.7 Å². The predicted molar refractivity (Wildman–Crippen MR) is 155 cm³/mol. The fourth-order valence-electron chi connectivity index (χ4n) is 4.90. The zero-order valence-corrected chi connectivity index (χ0v) is 24.5. The minimum Gasteiger partial charge on any atom is -0.481 e. The first-order valence-electron chi connectivity index (χ1n) is 14.3. The zero-order chi connectivity index (χ0) is 29.9. The van der Waals surface area contributed by atoms with Crippen LogP contribution in [0.15, 0.2) is 41.4 Å². The number of benzene rings is 1. The molecule has 226 valence electrons. The molecule has 0 radical (unpaired) electrons. The molecule has 1 aliphatic heterocycles. The highest BCUT2D eigenvalue weighted by Crippen LogP contribution is 2.33. The van der Waals surface area contributed by atoms with E-state index >= 15 is 0 Å². The van der Waals surface area contributed by atoms with E-state index in [0.29, 0.717) is 16.1 Å². The second kappa shape index (κ2) is 15.5. The first-order chi connectivity index (χ1) is 20.3. The van der Waals surface area contributed by atoms with Crippen LogP contribution < -0.4 is 5.32 Å². The van der Waals surface area contributed by atoms with E-state index in [9.17, 15) is 24.3 Å². The van der Waals surface area contributed by atoms with Gasteiger partial charge in [0.1, 0.15) is 16.8 Å². The summed E-state index contributed by atoms with van der Waals surface area (Å²) in [5, 5.41) is 14.5. The van der Waals surface area contributed by atoms with Crippen LogP contribution in [0.5, 0.6) is 0 Å². The lowest BCUT2D eigenvalue weighted by Crippen LogP contribution is -2.55. The van der Waals surface area contributed by atoms with Gasteiger partial charge in [0.05, 0.1) is 19.7 Å². The first kappa shape index (κ1) is 31.2. The molecule has 2 aliphatic rings. The van der Waals surface area contributed by atoms with Gasteiger partial charge in [0.2, 0.25) is 5.91 Å². The minimum absolute atomic E-state index is 0.0836. The molecule has 1 aromatic carbocycles. The summed E-state index contributed by atoms with van der Waals surface area (Å²) in [6.07, 6.45) is 4.52. The van der Waals surface area contributed by atoms with Crippen LogP contribution in [0, 0.1) is 0 Å². The Bertz CT molecular complexity index is 1230. The number of hydrogen-bond donors (Lipinski definition) is 2. The third kappa shape index (κ3) is 9.15. The van der Waals surface area contributed by atoms with Crippen molar-refractivity contribution in [2.45, 2.75) is 68.2 Å². The van der Waals surface area contributed by atoms with Gasteiger partial charge in [-0.2, -0.15) is 0 Å². The number of nitrogens with zero attached hydrogens (tertiary/aromatic N) is 4. The number of nitrogens with one attached hydrogen (secondary N) is 1. The normalized spacial score (nSPS) is 16.8. The molecule has 2 amide bonds. The summed E-state index contributed by atoms with van der Waals surface area (Å²) >= 11 is 1.64. The molecular formula is C29H37N5O7S. The van der Waals surface area contributed by atoms with Crippen LogP contribution in [0.4, 0.5) is 4.79 Å². The van der Waals surface area contributed by atoms with Gasteiger partial charge in [-0.1, -0.05) is 49.6 Å². The standard InChI is InChI=1S/C29H37N5O7S/c1-2-40-29(39)41-34-17-15-33(16-18-34)28(38)22(13-14-25(35)36)31-27(37)23-19-24(42-21-11-7-4-8-12-21)32-26(30-23)20-9-5-3-6-10-20/h3,5-6,9-10,19,21-22H,2,4,7-8,11-18H2,1H3,(H,31,37)(H,35,36)/t22-/m0/s1. The maximum absolute atomic E-state index is 13.5. The van der Waals surface area contributed by atoms with E-state index < -0.39 is 30.0 Å². The van der Waals surface area contributed by atoms with Crippen molar-refractivity contribution in [3.63, 3.8) is 0 Å². The maximum Gasteiger partial charge on any atom is 0.527 e. The number of carbonyl (C=O) groups excluding carboxylic acids is 3. The van der Waals surface area contributed by atoms with Gasteiger partial charge in [-0.3, -0.25) is 14.4 Å². The molecule has 2 aromatic rings. The van der Waals surface area contributed by atoms with Crippen molar-refractivity contribution in [2.75, 3.05) is 32.8 Å². The summed E-state index contributed by atoms with van der Waals surface area (Å²) in [5.41, 5.74) is 0.877. The number of thioether (sulfide) groups is 1.